The van der Waals surface area contributed by atoms with Gasteiger partial charge in [-0.25, -0.2) is 0 Å². The molecule has 0 spiro atoms. The number of carbonyl (C=O) groups excluding carboxylic acids is 1. The molecule has 0 unspecified atom stereocenters. The van der Waals surface area contributed by atoms with Crippen molar-refractivity contribution in [3.05, 3.63) is 18.2 Å². The van der Waals surface area contributed by atoms with Crippen molar-refractivity contribution < 1.29 is 9.53 Å². The average molecular weight is 282 g/mol. The first-order chi connectivity index (χ1) is 9.12. The Kier molecular flexibility index (Phi) is 6.56. The number of nitrogens with zero attached hydrogens (tertiary/aromatic N) is 1. The molecule has 0 saturated heterocycles. The van der Waals surface area contributed by atoms with Crippen LogP contribution in [0.1, 0.15) is 20.8 Å². The van der Waals surface area contributed by atoms with Gasteiger partial charge in [-0.05, 0) is 39.0 Å². The third-order valence-corrected chi connectivity index (χ3v) is 3.82. The average Bonchev–Trinajstić information content (AvgIpc) is 2.41. The third-order valence-electron chi connectivity index (χ3n) is 2.76. The molecule has 0 aromatic heterocycles. The number of anilines is 1. The fourth-order valence-electron chi connectivity index (χ4n) is 1.70. The highest BCUT2D eigenvalue weighted by Gasteiger charge is 2.11. The molecule has 0 radical (unpaired) electrons. The molecular weight excluding hydrogens is 260 g/mol. The first kappa shape index (κ1) is 15.7. The predicted molar refractivity (Wildman–Crippen MR) is 80.7 cm³/mol. The third kappa shape index (κ3) is 4.67. The summed E-state index contributed by atoms with van der Waals surface area (Å²) in [4.78, 5) is 14.6. The van der Waals surface area contributed by atoms with Crippen molar-refractivity contribution >= 4 is 23.4 Å². The molecule has 19 heavy (non-hydrogen) atoms. The maximum absolute atomic E-state index is 11.9. The Morgan fingerprint density at radius 2 is 2.00 bits per heavy atom. The van der Waals surface area contributed by atoms with Crippen LogP contribution >= 0.6 is 11.8 Å². The minimum absolute atomic E-state index is 0.135. The maximum atomic E-state index is 11.9. The minimum atomic E-state index is 0.135. The fourth-order valence-corrected chi connectivity index (χ4v) is 2.60. The van der Waals surface area contributed by atoms with Gasteiger partial charge < -0.3 is 15.4 Å². The topological polar surface area (TPSA) is 55.6 Å². The molecule has 0 heterocycles. The van der Waals surface area contributed by atoms with Crippen LogP contribution in [0, 0.1) is 0 Å². The molecule has 4 nitrogen and oxygen atoms in total. The molecule has 0 bridgehead atoms. The normalized spacial score (nSPS) is 10.3. The van der Waals surface area contributed by atoms with E-state index >= 15 is 0 Å². The van der Waals surface area contributed by atoms with Crippen molar-refractivity contribution in [2.24, 2.45) is 0 Å². The monoisotopic (exact) mass is 282 g/mol. The zero-order valence-electron chi connectivity index (χ0n) is 11.8. The number of benzene rings is 1. The second-order valence-electron chi connectivity index (χ2n) is 3.99. The number of hydrogen-bond donors (Lipinski definition) is 1. The fraction of sp³-hybridized carbons (Fsp3) is 0.500. The SMILES string of the molecule is CCOc1ccc(N)c(SCC(=O)N(CC)CC)c1. The van der Waals surface area contributed by atoms with Gasteiger partial charge in [0, 0.05) is 23.7 Å². The van der Waals surface area contributed by atoms with Gasteiger partial charge in [0.2, 0.25) is 5.91 Å². The molecule has 1 amide bonds. The summed E-state index contributed by atoms with van der Waals surface area (Å²) in [5.41, 5.74) is 6.59. The standard InChI is InChI=1S/C14H22N2O2S/c1-4-16(5-2)14(17)10-19-13-9-11(18-6-3)7-8-12(13)15/h7-9H,4-6,10,15H2,1-3H3. The zero-order chi connectivity index (χ0) is 14.3. The number of ether oxygens (including phenoxy) is 1. The lowest BCUT2D eigenvalue weighted by Gasteiger charge is -2.18. The Hall–Kier alpha value is -1.36. The Morgan fingerprint density at radius 1 is 1.32 bits per heavy atom. The van der Waals surface area contributed by atoms with Crippen LogP contribution in [0.2, 0.25) is 0 Å². The molecule has 0 fully saturated rings. The predicted octanol–water partition coefficient (Wildman–Crippen LogP) is 2.63. The molecule has 1 aromatic rings. The molecule has 0 aliphatic heterocycles. The van der Waals surface area contributed by atoms with E-state index in [1.54, 1.807) is 0 Å². The number of hydrogen-bond acceptors (Lipinski definition) is 4. The van der Waals surface area contributed by atoms with Gasteiger partial charge in [-0.15, -0.1) is 11.8 Å². The molecule has 2 N–H and O–H groups in total. The van der Waals surface area contributed by atoms with Crippen molar-refractivity contribution in [1.29, 1.82) is 0 Å². The quantitative estimate of drug-likeness (QED) is 0.617. The molecule has 1 rings (SSSR count). The van der Waals surface area contributed by atoms with Crippen molar-refractivity contribution in [3.63, 3.8) is 0 Å². The summed E-state index contributed by atoms with van der Waals surface area (Å²) in [6, 6.07) is 5.54. The van der Waals surface area contributed by atoms with Crippen LogP contribution in [0.25, 0.3) is 0 Å². The van der Waals surface area contributed by atoms with E-state index in [0.717, 1.165) is 23.7 Å². The lowest BCUT2D eigenvalue weighted by molar-refractivity contribution is -0.127. The molecule has 1 aromatic carbocycles. The number of carbonyl (C=O) groups is 1. The number of amides is 1. The lowest BCUT2D eigenvalue weighted by Crippen LogP contribution is -2.31. The summed E-state index contributed by atoms with van der Waals surface area (Å²) < 4.78 is 5.43. The highest BCUT2D eigenvalue weighted by atomic mass is 32.2. The summed E-state index contributed by atoms with van der Waals surface area (Å²) in [6.07, 6.45) is 0. The minimum Gasteiger partial charge on any atom is -0.494 e. The van der Waals surface area contributed by atoms with Gasteiger partial charge in [-0.2, -0.15) is 0 Å². The number of nitrogen functional groups attached to an aromatic ring is 1. The van der Waals surface area contributed by atoms with Gasteiger partial charge in [0.25, 0.3) is 0 Å². The van der Waals surface area contributed by atoms with Crippen molar-refractivity contribution in [2.75, 3.05) is 31.2 Å². The Morgan fingerprint density at radius 3 is 2.58 bits per heavy atom. The van der Waals surface area contributed by atoms with Crippen LogP contribution in [0.3, 0.4) is 0 Å². The molecule has 106 valence electrons. The van der Waals surface area contributed by atoms with E-state index in [0.29, 0.717) is 18.0 Å². The highest BCUT2D eigenvalue weighted by molar-refractivity contribution is 8.00. The molecule has 0 aliphatic carbocycles. The van der Waals surface area contributed by atoms with Gasteiger partial charge in [-0.1, -0.05) is 0 Å². The van der Waals surface area contributed by atoms with Crippen molar-refractivity contribution in [1.82, 2.24) is 4.90 Å². The smallest absolute Gasteiger partial charge is 0.232 e. The number of rotatable bonds is 7. The van der Waals surface area contributed by atoms with Crippen LogP contribution in [-0.2, 0) is 4.79 Å². The first-order valence-electron chi connectivity index (χ1n) is 6.55. The highest BCUT2D eigenvalue weighted by Crippen LogP contribution is 2.29. The van der Waals surface area contributed by atoms with E-state index in [2.05, 4.69) is 0 Å². The summed E-state index contributed by atoms with van der Waals surface area (Å²) in [5.74, 6) is 1.33. The van der Waals surface area contributed by atoms with Gasteiger partial charge >= 0.3 is 0 Å². The lowest BCUT2D eigenvalue weighted by atomic mass is 10.3. The van der Waals surface area contributed by atoms with Gasteiger partial charge in [0.05, 0.1) is 12.4 Å². The Bertz CT molecular complexity index is 420. The second kappa shape index (κ2) is 7.94. The van der Waals surface area contributed by atoms with Crippen LogP contribution < -0.4 is 10.5 Å². The van der Waals surface area contributed by atoms with Gasteiger partial charge in [0.15, 0.2) is 0 Å². The van der Waals surface area contributed by atoms with E-state index in [-0.39, 0.29) is 5.91 Å². The van der Waals surface area contributed by atoms with E-state index in [1.807, 2.05) is 43.9 Å². The largest absolute Gasteiger partial charge is 0.494 e. The van der Waals surface area contributed by atoms with Crippen LogP contribution in [-0.4, -0.2) is 36.3 Å². The second-order valence-corrected chi connectivity index (χ2v) is 5.00. The van der Waals surface area contributed by atoms with Crippen LogP contribution in [0.15, 0.2) is 23.1 Å². The Labute approximate surface area is 119 Å². The van der Waals surface area contributed by atoms with Gasteiger partial charge in [-0.3, -0.25) is 4.79 Å². The van der Waals surface area contributed by atoms with Crippen molar-refractivity contribution in [2.45, 2.75) is 25.7 Å². The molecule has 0 saturated carbocycles. The van der Waals surface area contributed by atoms with Gasteiger partial charge in [0.1, 0.15) is 5.75 Å². The molecule has 5 heteroatoms. The van der Waals surface area contributed by atoms with Crippen LogP contribution in [0.5, 0.6) is 5.75 Å². The van der Waals surface area contributed by atoms with E-state index in [4.69, 9.17) is 10.5 Å². The molecular formula is C14H22N2O2S. The van der Waals surface area contributed by atoms with Crippen molar-refractivity contribution in [3.8, 4) is 5.75 Å². The summed E-state index contributed by atoms with van der Waals surface area (Å²) in [6.45, 7) is 8.00. The summed E-state index contributed by atoms with van der Waals surface area (Å²) >= 11 is 1.46. The zero-order valence-corrected chi connectivity index (χ0v) is 12.6. The molecule has 0 aliphatic rings. The number of thioether (sulfide) groups is 1. The first-order valence-corrected chi connectivity index (χ1v) is 7.53. The van der Waals surface area contributed by atoms with Crippen LogP contribution in [0.4, 0.5) is 5.69 Å². The summed E-state index contributed by atoms with van der Waals surface area (Å²) in [7, 11) is 0. The Balaban J connectivity index is 2.66. The molecule has 0 atom stereocenters. The summed E-state index contributed by atoms with van der Waals surface area (Å²) in [5, 5.41) is 0. The maximum Gasteiger partial charge on any atom is 0.232 e. The van der Waals surface area contributed by atoms with E-state index < -0.39 is 0 Å². The number of nitrogens with two attached hydrogens (primary N) is 1. The van der Waals surface area contributed by atoms with E-state index in [9.17, 15) is 4.79 Å². The van der Waals surface area contributed by atoms with E-state index in [1.165, 1.54) is 11.8 Å².